The lowest BCUT2D eigenvalue weighted by Gasteiger charge is -2.35. The highest BCUT2D eigenvalue weighted by Crippen LogP contribution is 2.38. The van der Waals surface area contributed by atoms with Crippen LogP contribution in [0.15, 0.2) is 18.2 Å². The van der Waals surface area contributed by atoms with Crippen molar-refractivity contribution in [3.8, 4) is 5.75 Å². The fourth-order valence-corrected chi connectivity index (χ4v) is 3.38. The van der Waals surface area contributed by atoms with E-state index in [-0.39, 0.29) is 0 Å². The lowest BCUT2D eigenvalue weighted by atomic mass is 10.0. The molecule has 18 heavy (non-hydrogen) atoms. The number of aryl methyl sites for hydroxylation is 1. The monoisotopic (exact) mass is 247 g/mol. The summed E-state index contributed by atoms with van der Waals surface area (Å²) < 4.78 is 5.43. The summed E-state index contributed by atoms with van der Waals surface area (Å²) in [5, 5.41) is 9.53. The van der Waals surface area contributed by atoms with Crippen LogP contribution in [-0.4, -0.2) is 36.3 Å². The number of hydrogen-bond acceptors (Lipinski definition) is 3. The lowest BCUT2D eigenvalue weighted by Crippen LogP contribution is -2.38. The Morgan fingerprint density at radius 3 is 2.72 bits per heavy atom. The highest BCUT2D eigenvalue weighted by molar-refractivity contribution is 5.40. The first kappa shape index (κ1) is 12.0. The predicted molar refractivity (Wildman–Crippen MR) is 70.8 cm³/mol. The minimum atomic E-state index is 0.396. The molecule has 1 atom stereocenters. The Labute approximate surface area is 108 Å². The third kappa shape index (κ3) is 2.13. The Hall–Kier alpha value is -1.06. The van der Waals surface area contributed by atoms with Gasteiger partial charge in [0.15, 0.2) is 0 Å². The van der Waals surface area contributed by atoms with Crippen molar-refractivity contribution in [1.29, 1.82) is 0 Å². The third-order valence-corrected chi connectivity index (χ3v) is 4.42. The number of rotatable bonds is 2. The Balaban J connectivity index is 1.73. The second-order valence-electron chi connectivity index (χ2n) is 5.41. The molecule has 0 saturated carbocycles. The van der Waals surface area contributed by atoms with Gasteiger partial charge in [-0.3, -0.25) is 4.90 Å². The van der Waals surface area contributed by atoms with Crippen molar-refractivity contribution < 1.29 is 9.84 Å². The number of piperidine rings is 1. The first-order chi connectivity index (χ1) is 8.78. The molecule has 1 saturated heterocycles. The first-order valence-electron chi connectivity index (χ1n) is 6.86. The SMILES string of the molecule is COC1CCN(C2CCc3cc(O)ccc32)CC1. The highest BCUT2D eigenvalue weighted by atomic mass is 16.5. The normalized spacial score (nSPS) is 25.3. The summed E-state index contributed by atoms with van der Waals surface area (Å²) in [5.74, 6) is 0.396. The molecule has 1 aromatic carbocycles. The Kier molecular flexibility index (Phi) is 3.27. The second-order valence-corrected chi connectivity index (χ2v) is 5.41. The summed E-state index contributed by atoms with van der Waals surface area (Å²) in [7, 11) is 1.81. The van der Waals surface area contributed by atoms with Crippen LogP contribution in [0.1, 0.15) is 36.4 Å². The fourth-order valence-electron chi connectivity index (χ4n) is 3.38. The Bertz CT molecular complexity index is 425. The van der Waals surface area contributed by atoms with Crippen molar-refractivity contribution >= 4 is 0 Å². The third-order valence-electron chi connectivity index (χ3n) is 4.42. The topological polar surface area (TPSA) is 32.7 Å². The molecule has 1 aliphatic heterocycles. The number of fused-ring (bicyclic) bond motifs is 1. The molecule has 1 N–H and O–H groups in total. The summed E-state index contributed by atoms with van der Waals surface area (Å²) in [6.07, 6.45) is 5.01. The predicted octanol–water partition coefficient (Wildman–Crippen LogP) is 2.49. The van der Waals surface area contributed by atoms with E-state index in [0.29, 0.717) is 17.9 Å². The molecular formula is C15H21NO2. The molecule has 0 amide bonds. The van der Waals surface area contributed by atoms with Gasteiger partial charge in [-0.25, -0.2) is 0 Å². The molecule has 3 nitrogen and oxygen atoms in total. The lowest BCUT2D eigenvalue weighted by molar-refractivity contribution is 0.0270. The van der Waals surface area contributed by atoms with Crippen LogP contribution in [0, 0.1) is 0 Å². The average Bonchev–Trinajstić information content (AvgIpc) is 2.81. The maximum atomic E-state index is 9.53. The van der Waals surface area contributed by atoms with E-state index in [4.69, 9.17) is 4.74 Å². The number of phenolic OH excluding ortho intramolecular Hbond substituents is 1. The van der Waals surface area contributed by atoms with E-state index in [1.165, 1.54) is 17.5 Å². The van der Waals surface area contributed by atoms with Crippen molar-refractivity contribution in [2.24, 2.45) is 0 Å². The quantitative estimate of drug-likeness (QED) is 0.871. The molecule has 0 bridgehead atoms. The van der Waals surface area contributed by atoms with Crippen molar-refractivity contribution in [2.45, 2.75) is 37.8 Å². The van der Waals surface area contributed by atoms with E-state index >= 15 is 0 Å². The van der Waals surface area contributed by atoms with Gasteiger partial charge in [0.05, 0.1) is 6.10 Å². The molecule has 1 heterocycles. The summed E-state index contributed by atoms with van der Waals surface area (Å²) in [5.41, 5.74) is 2.75. The largest absolute Gasteiger partial charge is 0.508 e. The summed E-state index contributed by atoms with van der Waals surface area (Å²) in [6, 6.07) is 6.40. The van der Waals surface area contributed by atoms with Gasteiger partial charge in [-0.2, -0.15) is 0 Å². The molecule has 0 radical (unpaired) electrons. The smallest absolute Gasteiger partial charge is 0.115 e. The zero-order valence-electron chi connectivity index (χ0n) is 10.9. The molecule has 98 valence electrons. The van der Waals surface area contributed by atoms with Crippen LogP contribution in [0.3, 0.4) is 0 Å². The molecule has 1 aliphatic carbocycles. The van der Waals surface area contributed by atoms with Gasteiger partial charge in [-0.1, -0.05) is 6.07 Å². The van der Waals surface area contributed by atoms with Crippen LogP contribution < -0.4 is 0 Å². The zero-order valence-corrected chi connectivity index (χ0v) is 10.9. The van der Waals surface area contributed by atoms with Crippen LogP contribution in [0.5, 0.6) is 5.75 Å². The number of ether oxygens (including phenoxy) is 1. The number of benzene rings is 1. The van der Waals surface area contributed by atoms with E-state index in [0.717, 1.165) is 32.4 Å². The van der Waals surface area contributed by atoms with E-state index in [2.05, 4.69) is 11.0 Å². The number of aromatic hydroxyl groups is 1. The summed E-state index contributed by atoms with van der Waals surface area (Å²) >= 11 is 0. The van der Waals surface area contributed by atoms with E-state index < -0.39 is 0 Å². The fraction of sp³-hybridized carbons (Fsp3) is 0.600. The molecule has 0 aromatic heterocycles. The van der Waals surface area contributed by atoms with Gasteiger partial charge in [-0.15, -0.1) is 0 Å². The van der Waals surface area contributed by atoms with Crippen molar-refractivity contribution in [2.75, 3.05) is 20.2 Å². The maximum Gasteiger partial charge on any atom is 0.115 e. The van der Waals surface area contributed by atoms with E-state index in [1.54, 1.807) is 0 Å². The Morgan fingerprint density at radius 2 is 2.00 bits per heavy atom. The number of methoxy groups -OCH3 is 1. The van der Waals surface area contributed by atoms with E-state index in [9.17, 15) is 5.11 Å². The second kappa shape index (κ2) is 4.90. The summed E-state index contributed by atoms with van der Waals surface area (Å²) in [4.78, 5) is 2.58. The first-order valence-corrected chi connectivity index (χ1v) is 6.86. The highest BCUT2D eigenvalue weighted by Gasteiger charge is 2.30. The molecule has 3 heteroatoms. The zero-order chi connectivity index (χ0) is 12.5. The number of phenols is 1. The molecule has 3 rings (SSSR count). The van der Waals surface area contributed by atoms with Crippen LogP contribution in [0.4, 0.5) is 0 Å². The molecule has 1 aromatic rings. The molecular weight excluding hydrogens is 226 g/mol. The van der Waals surface area contributed by atoms with Crippen LogP contribution >= 0.6 is 0 Å². The van der Waals surface area contributed by atoms with Crippen LogP contribution in [0.2, 0.25) is 0 Å². The van der Waals surface area contributed by atoms with Gasteiger partial charge in [0, 0.05) is 26.2 Å². The van der Waals surface area contributed by atoms with E-state index in [1.807, 2.05) is 19.2 Å². The van der Waals surface area contributed by atoms with Gasteiger partial charge in [0.2, 0.25) is 0 Å². The van der Waals surface area contributed by atoms with Gasteiger partial charge >= 0.3 is 0 Å². The Morgan fingerprint density at radius 1 is 1.22 bits per heavy atom. The van der Waals surface area contributed by atoms with Gasteiger partial charge in [-0.05, 0) is 48.9 Å². The number of nitrogens with zero attached hydrogens (tertiary/aromatic N) is 1. The molecule has 0 spiro atoms. The summed E-state index contributed by atoms with van der Waals surface area (Å²) in [6.45, 7) is 2.26. The minimum Gasteiger partial charge on any atom is -0.508 e. The van der Waals surface area contributed by atoms with Crippen molar-refractivity contribution in [3.05, 3.63) is 29.3 Å². The molecule has 1 fully saturated rings. The standard InChI is InChI=1S/C15H21NO2/c1-18-13-6-8-16(9-7-13)15-5-2-11-10-12(17)3-4-14(11)15/h3-4,10,13,15,17H,2,5-9H2,1H3. The number of hydrogen-bond donors (Lipinski definition) is 1. The van der Waals surface area contributed by atoms with Gasteiger partial charge in [0.25, 0.3) is 0 Å². The average molecular weight is 247 g/mol. The molecule has 2 aliphatic rings. The van der Waals surface area contributed by atoms with Crippen molar-refractivity contribution in [1.82, 2.24) is 4.90 Å². The van der Waals surface area contributed by atoms with Crippen LogP contribution in [0.25, 0.3) is 0 Å². The molecule has 1 unspecified atom stereocenters. The van der Waals surface area contributed by atoms with Gasteiger partial charge < -0.3 is 9.84 Å². The van der Waals surface area contributed by atoms with Crippen molar-refractivity contribution in [3.63, 3.8) is 0 Å². The van der Waals surface area contributed by atoms with Crippen LogP contribution in [-0.2, 0) is 11.2 Å². The minimum absolute atomic E-state index is 0.396. The van der Waals surface area contributed by atoms with Gasteiger partial charge in [0.1, 0.15) is 5.75 Å². The maximum absolute atomic E-state index is 9.53. The number of likely N-dealkylation sites (tertiary alicyclic amines) is 1.